The lowest BCUT2D eigenvalue weighted by Gasteiger charge is -2.26. The number of anilines is 2. The number of carbonyl (C=O) groups is 1. The van der Waals surface area contributed by atoms with Crippen LogP contribution in [0.1, 0.15) is 10.4 Å². The topological polar surface area (TPSA) is 84.8 Å². The van der Waals surface area contributed by atoms with E-state index < -0.39 is 0 Å². The lowest BCUT2D eigenvalue weighted by molar-refractivity contribution is 0.0686. The molecule has 0 saturated carbocycles. The third-order valence-electron chi connectivity index (χ3n) is 3.06. The van der Waals surface area contributed by atoms with Gasteiger partial charge in [-0.3, -0.25) is 4.79 Å². The molecule has 2 rings (SSSR count). The molecule has 19 heavy (non-hydrogen) atoms. The fraction of sp³-hybridized carbons (Fsp3) is 0.462. The second-order valence-corrected chi connectivity index (χ2v) is 4.32. The summed E-state index contributed by atoms with van der Waals surface area (Å²) in [5.41, 5.74) is 2.26. The van der Waals surface area contributed by atoms with Crippen molar-refractivity contribution in [3.63, 3.8) is 0 Å². The quantitative estimate of drug-likeness (QED) is 0.600. The maximum Gasteiger partial charge on any atom is 0.256 e. The largest absolute Gasteiger partial charge is 0.395 e. The maximum atomic E-state index is 12.4. The minimum Gasteiger partial charge on any atom is -0.395 e. The molecule has 0 aliphatic carbocycles. The SMILES string of the molecule is O=C(c1cccc2c1NCCN2)N(CCO)CCO. The van der Waals surface area contributed by atoms with Crippen LogP contribution in [0, 0.1) is 0 Å². The van der Waals surface area contributed by atoms with E-state index in [1.54, 1.807) is 6.07 Å². The standard InChI is InChI=1S/C13H19N3O3/c17-8-6-16(7-9-18)13(19)10-2-1-3-11-12(10)15-5-4-14-11/h1-3,14-15,17-18H,4-9H2. The van der Waals surface area contributed by atoms with Gasteiger partial charge in [-0.2, -0.15) is 0 Å². The first-order valence-electron chi connectivity index (χ1n) is 6.39. The molecule has 1 amide bonds. The Morgan fingerprint density at radius 2 is 1.84 bits per heavy atom. The molecule has 1 aromatic carbocycles. The fourth-order valence-corrected chi connectivity index (χ4v) is 2.18. The van der Waals surface area contributed by atoms with Crippen molar-refractivity contribution in [2.45, 2.75) is 0 Å². The Bertz CT molecular complexity index is 445. The second kappa shape index (κ2) is 6.40. The number of aliphatic hydroxyl groups is 2. The van der Waals surface area contributed by atoms with Gasteiger partial charge >= 0.3 is 0 Å². The summed E-state index contributed by atoms with van der Waals surface area (Å²) < 4.78 is 0. The van der Waals surface area contributed by atoms with Gasteiger partial charge in [-0.1, -0.05) is 6.07 Å². The Balaban J connectivity index is 2.27. The molecule has 0 saturated heterocycles. The van der Waals surface area contributed by atoms with E-state index in [9.17, 15) is 4.79 Å². The van der Waals surface area contributed by atoms with E-state index in [1.165, 1.54) is 4.90 Å². The van der Waals surface area contributed by atoms with E-state index in [4.69, 9.17) is 10.2 Å². The molecular formula is C13H19N3O3. The van der Waals surface area contributed by atoms with Crippen molar-refractivity contribution in [2.24, 2.45) is 0 Å². The van der Waals surface area contributed by atoms with Crippen molar-refractivity contribution in [1.29, 1.82) is 0 Å². The van der Waals surface area contributed by atoms with Crippen LogP contribution in [-0.2, 0) is 0 Å². The van der Waals surface area contributed by atoms with Crippen molar-refractivity contribution in [3.8, 4) is 0 Å². The van der Waals surface area contributed by atoms with Crippen LogP contribution in [0.3, 0.4) is 0 Å². The molecule has 0 spiro atoms. The van der Waals surface area contributed by atoms with Crippen molar-refractivity contribution in [1.82, 2.24) is 4.90 Å². The second-order valence-electron chi connectivity index (χ2n) is 4.32. The Hall–Kier alpha value is -1.79. The van der Waals surface area contributed by atoms with Crippen LogP contribution >= 0.6 is 0 Å². The molecule has 0 bridgehead atoms. The molecule has 0 fully saturated rings. The minimum absolute atomic E-state index is 0.119. The highest BCUT2D eigenvalue weighted by Crippen LogP contribution is 2.29. The molecule has 1 aliphatic rings. The third-order valence-corrected chi connectivity index (χ3v) is 3.06. The lowest BCUT2D eigenvalue weighted by atomic mass is 10.1. The van der Waals surface area contributed by atoms with E-state index in [2.05, 4.69) is 10.6 Å². The van der Waals surface area contributed by atoms with Gasteiger partial charge in [0, 0.05) is 26.2 Å². The smallest absolute Gasteiger partial charge is 0.256 e. The van der Waals surface area contributed by atoms with Crippen LogP contribution in [0.25, 0.3) is 0 Å². The van der Waals surface area contributed by atoms with Crippen LogP contribution in [0.5, 0.6) is 0 Å². The molecule has 0 unspecified atom stereocenters. The minimum atomic E-state index is -0.184. The first-order chi connectivity index (χ1) is 9.27. The zero-order valence-electron chi connectivity index (χ0n) is 10.7. The van der Waals surface area contributed by atoms with Crippen molar-refractivity contribution < 1.29 is 15.0 Å². The van der Waals surface area contributed by atoms with Crippen LogP contribution in [0.2, 0.25) is 0 Å². The highest BCUT2D eigenvalue weighted by Gasteiger charge is 2.21. The Morgan fingerprint density at radius 3 is 2.53 bits per heavy atom. The van der Waals surface area contributed by atoms with Gasteiger partial charge in [-0.05, 0) is 12.1 Å². The van der Waals surface area contributed by atoms with Gasteiger partial charge in [-0.15, -0.1) is 0 Å². The van der Waals surface area contributed by atoms with E-state index in [-0.39, 0.29) is 32.2 Å². The molecular weight excluding hydrogens is 246 g/mol. The van der Waals surface area contributed by atoms with Crippen molar-refractivity contribution >= 4 is 17.3 Å². The van der Waals surface area contributed by atoms with E-state index >= 15 is 0 Å². The number of para-hydroxylation sites is 1. The summed E-state index contributed by atoms with van der Waals surface area (Å²) in [7, 11) is 0. The summed E-state index contributed by atoms with van der Waals surface area (Å²) >= 11 is 0. The van der Waals surface area contributed by atoms with Gasteiger partial charge in [0.1, 0.15) is 0 Å². The highest BCUT2D eigenvalue weighted by atomic mass is 16.3. The number of nitrogens with one attached hydrogen (secondary N) is 2. The summed E-state index contributed by atoms with van der Waals surface area (Å²) in [6, 6.07) is 5.49. The first kappa shape index (κ1) is 13.6. The molecule has 0 aromatic heterocycles. The van der Waals surface area contributed by atoms with E-state index in [0.717, 1.165) is 24.5 Å². The Kier molecular flexibility index (Phi) is 4.59. The number of aliphatic hydroxyl groups excluding tert-OH is 2. The number of amides is 1. The van der Waals surface area contributed by atoms with Crippen molar-refractivity contribution in [2.75, 3.05) is 50.0 Å². The summed E-state index contributed by atoms with van der Waals surface area (Å²) in [6.07, 6.45) is 0. The number of rotatable bonds is 5. The molecule has 0 radical (unpaired) electrons. The van der Waals surface area contributed by atoms with Gasteiger partial charge in [0.05, 0.1) is 30.2 Å². The van der Waals surface area contributed by atoms with Gasteiger partial charge in [0.25, 0.3) is 5.91 Å². The predicted molar refractivity (Wildman–Crippen MR) is 73.5 cm³/mol. The molecule has 104 valence electrons. The number of carbonyl (C=O) groups excluding carboxylic acids is 1. The van der Waals surface area contributed by atoms with E-state index in [0.29, 0.717) is 5.56 Å². The van der Waals surface area contributed by atoms with Gasteiger partial charge < -0.3 is 25.7 Å². The molecule has 1 heterocycles. The van der Waals surface area contributed by atoms with Gasteiger partial charge in [-0.25, -0.2) is 0 Å². The average molecular weight is 265 g/mol. The highest BCUT2D eigenvalue weighted by molar-refractivity contribution is 6.02. The fourth-order valence-electron chi connectivity index (χ4n) is 2.18. The molecule has 4 N–H and O–H groups in total. The van der Waals surface area contributed by atoms with E-state index in [1.807, 2.05) is 12.1 Å². The lowest BCUT2D eigenvalue weighted by Crippen LogP contribution is -2.36. The predicted octanol–water partition coefficient (Wildman–Crippen LogP) is -0.0492. The summed E-state index contributed by atoms with van der Waals surface area (Å²) in [6.45, 7) is 1.78. The van der Waals surface area contributed by atoms with Crippen LogP contribution in [0.4, 0.5) is 11.4 Å². The summed E-state index contributed by atoms with van der Waals surface area (Å²) in [5.74, 6) is -0.184. The van der Waals surface area contributed by atoms with Gasteiger partial charge in [0.15, 0.2) is 0 Å². The molecule has 1 aromatic rings. The first-order valence-corrected chi connectivity index (χ1v) is 6.39. The zero-order chi connectivity index (χ0) is 13.7. The number of hydrogen-bond donors (Lipinski definition) is 4. The number of fused-ring (bicyclic) bond motifs is 1. The van der Waals surface area contributed by atoms with Gasteiger partial charge in [0.2, 0.25) is 0 Å². The van der Waals surface area contributed by atoms with Crippen molar-refractivity contribution in [3.05, 3.63) is 23.8 Å². The van der Waals surface area contributed by atoms with Crippen LogP contribution < -0.4 is 10.6 Å². The monoisotopic (exact) mass is 265 g/mol. The molecule has 6 heteroatoms. The third kappa shape index (κ3) is 2.97. The summed E-state index contributed by atoms with van der Waals surface area (Å²) in [5, 5.41) is 24.4. The molecule has 6 nitrogen and oxygen atoms in total. The summed E-state index contributed by atoms with van der Waals surface area (Å²) in [4.78, 5) is 13.9. The molecule has 0 atom stereocenters. The Morgan fingerprint density at radius 1 is 1.16 bits per heavy atom. The normalized spacial score (nSPS) is 13.2. The molecule has 1 aliphatic heterocycles. The number of hydrogen-bond acceptors (Lipinski definition) is 5. The number of benzene rings is 1. The zero-order valence-corrected chi connectivity index (χ0v) is 10.7. The average Bonchev–Trinajstić information content (AvgIpc) is 2.46. The van der Waals surface area contributed by atoms with Crippen LogP contribution in [0.15, 0.2) is 18.2 Å². The maximum absolute atomic E-state index is 12.4. The van der Waals surface area contributed by atoms with Crippen LogP contribution in [-0.4, -0.2) is 60.4 Å². The Labute approximate surface area is 112 Å². The number of nitrogens with zero attached hydrogens (tertiary/aromatic N) is 1.